The molecule has 0 aliphatic rings. The topological polar surface area (TPSA) is 46.5 Å². The number of hydrogen-bond acceptors (Lipinski definition) is 4. The Morgan fingerprint density at radius 3 is 2.43 bits per heavy atom. The normalized spacial score (nSPS) is 14.8. The first-order chi connectivity index (χ1) is 11.0. The Morgan fingerprint density at radius 2 is 1.87 bits per heavy atom. The van der Waals surface area contributed by atoms with Gasteiger partial charge >= 0.3 is 5.97 Å². The third-order valence-corrected chi connectivity index (χ3v) is 4.55. The molecule has 23 heavy (non-hydrogen) atoms. The first kappa shape index (κ1) is 17.8. The maximum Gasteiger partial charge on any atom is 0.358 e. The van der Waals surface area contributed by atoms with Crippen LogP contribution in [0.4, 0.5) is 4.39 Å². The number of halogens is 2. The lowest BCUT2D eigenvalue weighted by molar-refractivity contribution is -0.156. The Labute approximate surface area is 143 Å². The molecule has 0 spiro atoms. The summed E-state index contributed by atoms with van der Waals surface area (Å²) >= 11 is 6.42. The van der Waals surface area contributed by atoms with E-state index in [9.17, 15) is 9.90 Å². The Hall–Kier alpha value is -1.56. The molecule has 3 nitrogen and oxygen atoms in total. The van der Waals surface area contributed by atoms with E-state index in [1.54, 1.807) is 37.3 Å². The third-order valence-electron chi connectivity index (χ3n) is 3.10. The summed E-state index contributed by atoms with van der Waals surface area (Å²) in [5.41, 5.74) is 0.244. The van der Waals surface area contributed by atoms with Gasteiger partial charge in [0.15, 0.2) is 0 Å². The monoisotopic (exact) mass is 354 g/mol. The van der Waals surface area contributed by atoms with Crippen molar-refractivity contribution in [3.8, 4) is 0 Å². The standard InChI is InChI=1S/C17H16ClFO3S/c1-2-22-16(21)17(19,23-14-6-4-3-5-7-14)15(20)12-8-10-13(18)11-9-12/h3-11,15,20H,2H2,1H3. The van der Waals surface area contributed by atoms with E-state index in [1.807, 2.05) is 0 Å². The van der Waals surface area contributed by atoms with Crippen molar-refractivity contribution in [1.29, 1.82) is 0 Å². The molecule has 0 heterocycles. The molecule has 0 saturated heterocycles. The molecule has 2 rings (SSSR count). The number of carbonyl (C=O) groups excluding carboxylic acids is 1. The average Bonchev–Trinajstić information content (AvgIpc) is 2.56. The predicted molar refractivity (Wildman–Crippen MR) is 89.2 cm³/mol. The second-order valence-corrected chi connectivity index (χ2v) is 6.44. The van der Waals surface area contributed by atoms with Crippen LogP contribution in [0.25, 0.3) is 0 Å². The molecule has 1 N–H and O–H groups in total. The smallest absolute Gasteiger partial charge is 0.358 e. The fraction of sp³-hybridized carbons (Fsp3) is 0.235. The van der Waals surface area contributed by atoms with Crippen molar-refractivity contribution in [2.75, 3.05) is 6.61 Å². The molecule has 2 atom stereocenters. The average molecular weight is 355 g/mol. The van der Waals surface area contributed by atoms with Crippen LogP contribution in [0.3, 0.4) is 0 Å². The number of thioether (sulfide) groups is 1. The summed E-state index contributed by atoms with van der Waals surface area (Å²) in [4.78, 5) is 12.7. The molecule has 0 bridgehead atoms. The van der Waals surface area contributed by atoms with Crippen molar-refractivity contribution in [2.24, 2.45) is 0 Å². The molecule has 0 aliphatic carbocycles. The van der Waals surface area contributed by atoms with E-state index < -0.39 is 17.1 Å². The third kappa shape index (κ3) is 4.25. The molecule has 0 amide bonds. The minimum absolute atomic E-state index is 0.0210. The Balaban J connectivity index is 2.36. The van der Waals surface area contributed by atoms with Crippen molar-refractivity contribution in [2.45, 2.75) is 22.9 Å². The molecule has 2 aromatic carbocycles. The number of esters is 1. The summed E-state index contributed by atoms with van der Waals surface area (Å²) in [7, 11) is 0. The van der Waals surface area contributed by atoms with E-state index in [2.05, 4.69) is 0 Å². The summed E-state index contributed by atoms with van der Waals surface area (Å²) < 4.78 is 20.3. The largest absolute Gasteiger partial charge is 0.463 e. The van der Waals surface area contributed by atoms with E-state index in [0.717, 1.165) is 0 Å². The minimum atomic E-state index is -2.66. The zero-order valence-corrected chi connectivity index (χ0v) is 14.0. The van der Waals surface area contributed by atoms with Gasteiger partial charge in [-0.05, 0) is 36.8 Å². The summed E-state index contributed by atoms with van der Waals surface area (Å²) in [6.07, 6.45) is -1.69. The number of hydrogen-bond donors (Lipinski definition) is 1. The summed E-state index contributed by atoms with van der Waals surface area (Å²) in [6, 6.07) is 14.6. The van der Waals surface area contributed by atoms with Crippen molar-refractivity contribution < 1.29 is 19.0 Å². The van der Waals surface area contributed by atoms with E-state index in [0.29, 0.717) is 21.7 Å². The molecule has 0 aromatic heterocycles. The number of ether oxygens (including phenoxy) is 1. The van der Waals surface area contributed by atoms with Crippen LogP contribution in [-0.4, -0.2) is 22.7 Å². The van der Waals surface area contributed by atoms with Crippen LogP contribution in [-0.2, 0) is 9.53 Å². The maximum absolute atomic E-state index is 15.4. The first-order valence-corrected chi connectivity index (χ1v) is 8.20. The van der Waals surface area contributed by atoms with E-state index in [4.69, 9.17) is 16.3 Å². The van der Waals surface area contributed by atoms with E-state index in [-0.39, 0.29) is 12.2 Å². The fourth-order valence-corrected chi connectivity index (χ4v) is 3.11. The molecule has 122 valence electrons. The van der Waals surface area contributed by atoms with Crippen LogP contribution in [0.1, 0.15) is 18.6 Å². The molecule has 6 heteroatoms. The molecular weight excluding hydrogens is 339 g/mol. The van der Waals surface area contributed by atoms with Crippen molar-refractivity contribution >= 4 is 29.3 Å². The zero-order chi connectivity index (χ0) is 16.9. The van der Waals surface area contributed by atoms with Gasteiger partial charge in [0, 0.05) is 9.92 Å². The maximum atomic E-state index is 15.4. The van der Waals surface area contributed by atoms with Crippen LogP contribution in [0.5, 0.6) is 0 Å². The Morgan fingerprint density at radius 1 is 1.26 bits per heavy atom. The first-order valence-electron chi connectivity index (χ1n) is 7.01. The van der Waals surface area contributed by atoms with Gasteiger partial charge in [-0.15, -0.1) is 0 Å². The lowest BCUT2D eigenvalue weighted by Gasteiger charge is -2.28. The van der Waals surface area contributed by atoms with E-state index >= 15 is 4.39 Å². The number of carbonyl (C=O) groups is 1. The molecule has 0 fully saturated rings. The molecule has 0 aliphatic heterocycles. The number of rotatable bonds is 6. The summed E-state index contributed by atoms with van der Waals surface area (Å²) in [5, 5.41) is 8.24. The lowest BCUT2D eigenvalue weighted by atomic mass is 10.1. The van der Waals surface area contributed by atoms with Gasteiger partial charge in [-0.25, -0.2) is 9.18 Å². The number of aliphatic hydroxyl groups excluding tert-OH is 1. The highest BCUT2D eigenvalue weighted by Crippen LogP contribution is 2.44. The van der Waals surface area contributed by atoms with Gasteiger partial charge in [0.05, 0.1) is 6.61 Å². The number of benzene rings is 2. The van der Waals surface area contributed by atoms with Crippen LogP contribution >= 0.6 is 23.4 Å². The van der Waals surface area contributed by atoms with Gasteiger partial charge in [-0.3, -0.25) is 0 Å². The van der Waals surface area contributed by atoms with Gasteiger partial charge in [-0.1, -0.05) is 53.7 Å². The second-order valence-electron chi connectivity index (χ2n) is 4.73. The van der Waals surface area contributed by atoms with Gasteiger partial charge in [0.25, 0.3) is 5.00 Å². The van der Waals surface area contributed by atoms with Crippen LogP contribution in [0, 0.1) is 0 Å². The number of alkyl halides is 1. The van der Waals surface area contributed by atoms with Crippen LogP contribution < -0.4 is 0 Å². The van der Waals surface area contributed by atoms with Crippen molar-refractivity contribution in [3.63, 3.8) is 0 Å². The van der Waals surface area contributed by atoms with Crippen molar-refractivity contribution in [3.05, 3.63) is 65.2 Å². The molecule has 0 saturated carbocycles. The summed E-state index contributed by atoms with van der Waals surface area (Å²) in [5.74, 6) is -1.11. The SMILES string of the molecule is CCOC(=O)C(F)(Sc1ccccc1)C(O)c1ccc(Cl)cc1. The fourth-order valence-electron chi connectivity index (χ4n) is 1.96. The van der Waals surface area contributed by atoms with Crippen LogP contribution in [0.15, 0.2) is 59.5 Å². The lowest BCUT2D eigenvalue weighted by Crippen LogP contribution is -2.38. The van der Waals surface area contributed by atoms with Gasteiger partial charge in [0.2, 0.25) is 0 Å². The zero-order valence-electron chi connectivity index (χ0n) is 12.4. The molecule has 2 unspecified atom stereocenters. The Bertz CT molecular complexity index is 651. The highest BCUT2D eigenvalue weighted by atomic mass is 35.5. The summed E-state index contributed by atoms with van der Waals surface area (Å²) in [6.45, 7) is 1.60. The highest BCUT2D eigenvalue weighted by Gasteiger charge is 2.49. The minimum Gasteiger partial charge on any atom is -0.463 e. The van der Waals surface area contributed by atoms with Gasteiger partial charge in [0.1, 0.15) is 6.10 Å². The highest BCUT2D eigenvalue weighted by molar-refractivity contribution is 8.01. The van der Waals surface area contributed by atoms with Crippen LogP contribution in [0.2, 0.25) is 5.02 Å². The Kier molecular flexibility index (Phi) is 6.04. The predicted octanol–water partition coefficient (Wildman–Crippen LogP) is 4.39. The second kappa shape index (κ2) is 7.81. The molecule has 0 radical (unpaired) electrons. The quantitative estimate of drug-likeness (QED) is 0.617. The van der Waals surface area contributed by atoms with Gasteiger partial charge in [-0.2, -0.15) is 0 Å². The number of aliphatic hydroxyl groups is 1. The van der Waals surface area contributed by atoms with Gasteiger partial charge < -0.3 is 9.84 Å². The molecular formula is C17H16ClFO3S. The molecule has 2 aromatic rings. The van der Waals surface area contributed by atoms with E-state index in [1.165, 1.54) is 24.3 Å². The van der Waals surface area contributed by atoms with Crippen molar-refractivity contribution in [1.82, 2.24) is 0 Å².